The molecule has 9 heteroatoms. The van der Waals surface area contributed by atoms with Crippen molar-refractivity contribution in [1.82, 2.24) is 20.1 Å². The normalized spacial score (nSPS) is 9.40. The third kappa shape index (κ3) is 6.31. The van der Waals surface area contributed by atoms with E-state index in [1.54, 1.807) is 12.3 Å². The van der Waals surface area contributed by atoms with Crippen LogP contribution >= 0.6 is 11.6 Å². The molecule has 0 aliphatic rings. The molecule has 0 fully saturated rings. The Morgan fingerprint density at radius 2 is 1.73 bits per heavy atom. The van der Waals surface area contributed by atoms with Gasteiger partial charge in [0.05, 0.1) is 17.6 Å². The standard InChI is InChI=1S/C17H15ClN6O2.2C2H6/c1-20-16(25)15-13(22-17(19)26)9-24(23-15)12-4-2-3-10(7-12)11-5-6-21-14(18)8-11;2*1-2/h2-9H,1H3,(H,20,25)(H3,19,22,26);2*1-2H3. The van der Waals surface area contributed by atoms with Gasteiger partial charge in [-0.05, 0) is 35.4 Å². The number of primary amides is 1. The number of hydrogen-bond acceptors (Lipinski definition) is 4. The van der Waals surface area contributed by atoms with Crippen molar-refractivity contribution >= 4 is 29.2 Å². The van der Waals surface area contributed by atoms with Crippen LogP contribution in [0, 0.1) is 0 Å². The predicted molar refractivity (Wildman–Crippen MR) is 121 cm³/mol. The lowest BCUT2D eigenvalue weighted by atomic mass is 10.1. The monoisotopic (exact) mass is 430 g/mol. The van der Waals surface area contributed by atoms with Gasteiger partial charge in [0.25, 0.3) is 5.91 Å². The van der Waals surface area contributed by atoms with Crippen molar-refractivity contribution in [2.24, 2.45) is 5.73 Å². The second-order valence-electron chi connectivity index (χ2n) is 5.32. The Morgan fingerprint density at radius 3 is 2.33 bits per heavy atom. The first-order chi connectivity index (χ1) is 14.5. The summed E-state index contributed by atoms with van der Waals surface area (Å²) in [4.78, 5) is 27.1. The molecule has 0 aliphatic carbocycles. The number of aromatic nitrogens is 3. The average molecular weight is 431 g/mol. The summed E-state index contributed by atoms with van der Waals surface area (Å²) >= 11 is 5.95. The molecule has 2 heterocycles. The van der Waals surface area contributed by atoms with Gasteiger partial charge in [0.15, 0.2) is 5.69 Å². The highest BCUT2D eigenvalue weighted by atomic mass is 35.5. The number of hydrogen-bond donors (Lipinski definition) is 3. The molecule has 0 spiro atoms. The Morgan fingerprint density at radius 1 is 1.07 bits per heavy atom. The Kier molecular flexibility index (Phi) is 10.0. The van der Waals surface area contributed by atoms with Gasteiger partial charge in [-0.25, -0.2) is 14.5 Å². The summed E-state index contributed by atoms with van der Waals surface area (Å²) in [7, 11) is 1.48. The minimum absolute atomic E-state index is 0.0589. The van der Waals surface area contributed by atoms with Crippen LogP contribution in [0.2, 0.25) is 5.15 Å². The molecule has 3 aromatic rings. The molecule has 0 bridgehead atoms. The van der Waals surface area contributed by atoms with E-state index < -0.39 is 11.9 Å². The highest BCUT2D eigenvalue weighted by Crippen LogP contribution is 2.25. The van der Waals surface area contributed by atoms with Crippen molar-refractivity contribution in [3.05, 3.63) is 59.6 Å². The fraction of sp³-hybridized carbons (Fsp3) is 0.238. The second kappa shape index (κ2) is 12.2. The van der Waals surface area contributed by atoms with Crippen LogP contribution in [0.4, 0.5) is 10.5 Å². The summed E-state index contributed by atoms with van der Waals surface area (Å²) in [6, 6.07) is 10.3. The molecule has 0 unspecified atom stereocenters. The van der Waals surface area contributed by atoms with Crippen LogP contribution in [-0.2, 0) is 0 Å². The second-order valence-corrected chi connectivity index (χ2v) is 5.71. The number of nitrogens with one attached hydrogen (secondary N) is 2. The maximum atomic E-state index is 12.0. The van der Waals surface area contributed by atoms with Crippen LogP contribution in [0.3, 0.4) is 0 Å². The molecular formula is C21H27ClN6O2. The van der Waals surface area contributed by atoms with Crippen molar-refractivity contribution in [2.75, 3.05) is 12.4 Å². The summed E-state index contributed by atoms with van der Waals surface area (Å²) in [5.74, 6) is -0.440. The van der Waals surface area contributed by atoms with E-state index >= 15 is 0 Å². The van der Waals surface area contributed by atoms with Crippen LogP contribution < -0.4 is 16.4 Å². The van der Waals surface area contributed by atoms with Gasteiger partial charge in [-0.1, -0.05) is 51.4 Å². The Bertz CT molecular complexity index is 987. The summed E-state index contributed by atoms with van der Waals surface area (Å²) in [6.07, 6.45) is 3.14. The number of benzene rings is 1. The smallest absolute Gasteiger partial charge is 0.316 e. The minimum Gasteiger partial charge on any atom is -0.354 e. The van der Waals surface area contributed by atoms with Gasteiger partial charge in [0.1, 0.15) is 5.15 Å². The number of amides is 3. The van der Waals surface area contributed by atoms with Crippen LogP contribution in [0.5, 0.6) is 0 Å². The van der Waals surface area contributed by atoms with Crippen molar-refractivity contribution in [3.8, 4) is 16.8 Å². The van der Waals surface area contributed by atoms with Gasteiger partial charge in [-0.2, -0.15) is 5.10 Å². The molecule has 0 radical (unpaired) electrons. The van der Waals surface area contributed by atoms with Gasteiger partial charge in [0, 0.05) is 13.2 Å². The SMILES string of the molecule is CC.CC.CNC(=O)c1nn(-c2cccc(-c3ccnc(Cl)c3)c2)cc1NC(N)=O. The van der Waals surface area contributed by atoms with E-state index in [1.165, 1.54) is 17.9 Å². The maximum Gasteiger partial charge on any atom is 0.316 e. The van der Waals surface area contributed by atoms with E-state index in [0.717, 1.165) is 11.1 Å². The molecule has 160 valence electrons. The van der Waals surface area contributed by atoms with E-state index in [4.69, 9.17) is 17.3 Å². The molecule has 0 saturated heterocycles. The highest BCUT2D eigenvalue weighted by molar-refractivity contribution is 6.29. The number of halogens is 1. The fourth-order valence-electron chi connectivity index (χ4n) is 2.43. The number of carbonyl (C=O) groups is 2. The van der Waals surface area contributed by atoms with Gasteiger partial charge < -0.3 is 16.4 Å². The molecule has 1 aromatic carbocycles. The van der Waals surface area contributed by atoms with Crippen LogP contribution in [0.15, 0.2) is 48.8 Å². The lowest BCUT2D eigenvalue weighted by Gasteiger charge is -2.06. The van der Waals surface area contributed by atoms with Crippen LogP contribution in [-0.4, -0.2) is 33.8 Å². The minimum atomic E-state index is -0.783. The van der Waals surface area contributed by atoms with Crippen molar-refractivity contribution in [2.45, 2.75) is 27.7 Å². The van der Waals surface area contributed by atoms with Crippen molar-refractivity contribution in [1.29, 1.82) is 0 Å². The van der Waals surface area contributed by atoms with E-state index in [9.17, 15) is 9.59 Å². The molecule has 2 aromatic heterocycles. The predicted octanol–water partition coefficient (Wildman–Crippen LogP) is 4.49. The first-order valence-corrected chi connectivity index (χ1v) is 9.96. The van der Waals surface area contributed by atoms with Gasteiger partial charge >= 0.3 is 6.03 Å². The zero-order valence-corrected chi connectivity index (χ0v) is 18.5. The number of rotatable bonds is 4. The third-order valence-corrected chi connectivity index (χ3v) is 3.79. The fourth-order valence-corrected chi connectivity index (χ4v) is 2.60. The van der Waals surface area contributed by atoms with Crippen LogP contribution in [0.25, 0.3) is 16.8 Å². The van der Waals surface area contributed by atoms with Gasteiger partial charge in [-0.3, -0.25) is 4.79 Å². The zero-order valence-electron chi connectivity index (χ0n) is 17.7. The molecule has 0 saturated carbocycles. The van der Waals surface area contributed by atoms with Gasteiger partial charge in [0.2, 0.25) is 0 Å². The van der Waals surface area contributed by atoms with E-state index in [0.29, 0.717) is 10.8 Å². The van der Waals surface area contributed by atoms with E-state index in [-0.39, 0.29) is 11.4 Å². The number of pyridine rings is 1. The third-order valence-electron chi connectivity index (χ3n) is 3.58. The molecular weight excluding hydrogens is 404 g/mol. The number of carbonyl (C=O) groups excluding carboxylic acids is 2. The summed E-state index contributed by atoms with van der Waals surface area (Å²) in [5, 5.41) is 9.52. The van der Waals surface area contributed by atoms with E-state index in [1.807, 2.05) is 58.0 Å². The number of nitrogens with two attached hydrogens (primary N) is 1. The molecule has 0 atom stereocenters. The Balaban J connectivity index is 0.00000106. The lowest BCUT2D eigenvalue weighted by molar-refractivity contribution is 0.0958. The molecule has 4 N–H and O–H groups in total. The Labute approximate surface area is 181 Å². The topological polar surface area (TPSA) is 115 Å². The quantitative estimate of drug-likeness (QED) is 0.529. The van der Waals surface area contributed by atoms with E-state index in [2.05, 4.69) is 20.7 Å². The number of urea groups is 1. The van der Waals surface area contributed by atoms with Gasteiger partial charge in [-0.15, -0.1) is 0 Å². The lowest BCUT2D eigenvalue weighted by Crippen LogP contribution is -2.24. The molecule has 3 amide bonds. The highest BCUT2D eigenvalue weighted by Gasteiger charge is 2.17. The first kappa shape index (κ1) is 24.6. The van der Waals surface area contributed by atoms with Crippen LogP contribution in [0.1, 0.15) is 38.2 Å². The summed E-state index contributed by atoms with van der Waals surface area (Å²) in [6.45, 7) is 8.00. The molecule has 0 aliphatic heterocycles. The molecule has 3 rings (SSSR count). The first-order valence-electron chi connectivity index (χ1n) is 9.58. The maximum absolute atomic E-state index is 12.0. The Hall–Kier alpha value is -3.39. The summed E-state index contributed by atoms with van der Waals surface area (Å²) in [5.41, 5.74) is 7.91. The van der Waals surface area contributed by atoms with Crippen molar-refractivity contribution < 1.29 is 9.59 Å². The molecule has 30 heavy (non-hydrogen) atoms. The zero-order chi connectivity index (χ0) is 22.7. The largest absolute Gasteiger partial charge is 0.354 e. The summed E-state index contributed by atoms with van der Waals surface area (Å²) < 4.78 is 1.49. The number of nitrogens with zero attached hydrogens (tertiary/aromatic N) is 3. The van der Waals surface area contributed by atoms with Crippen molar-refractivity contribution in [3.63, 3.8) is 0 Å². The molecule has 8 nitrogen and oxygen atoms in total. The average Bonchev–Trinajstić information content (AvgIpc) is 3.19. The number of anilines is 1.